The van der Waals surface area contributed by atoms with Crippen molar-refractivity contribution in [3.63, 3.8) is 0 Å². The van der Waals surface area contributed by atoms with Crippen LogP contribution in [0.25, 0.3) is 49.4 Å². The summed E-state index contributed by atoms with van der Waals surface area (Å²) in [6, 6.07) is 30.2. The monoisotopic (exact) mass is 375 g/mol. The molecule has 6 rings (SSSR count). The molecular weight excluding hydrogens is 354 g/mol. The molecule has 4 aromatic carbocycles. The SMILES string of the molecule is CC(C)c1ccc2c(c1)c1ccccc1n2-c1cccc2c1oc1ccccc12. The van der Waals surface area contributed by atoms with Crippen molar-refractivity contribution in [2.75, 3.05) is 0 Å². The number of furan rings is 1. The van der Waals surface area contributed by atoms with Gasteiger partial charge < -0.3 is 8.98 Å². The second kappa shape index (κ2) is 5.99. The quantitative estimate of drug-likeness (QED) is 0.302. The van der Waals surface area contributed by atoms with Crippen molar-refractivity contribution in [2.24, 2.45) is 0 Å². The van der Waals surface area contributed by atoms with E-state index in [1.54, 1.807) is 0 Å². The van der Waals surface area contributed by atoms with Crippen molar-refractivity contribution >= 4 is 43.7 Å². The molecule has 0 spiro atoms. The molecule has 0 saturated carbocycles. The molecule has 2 heteroatoms. The predicted octanol–water partition coefficient (Wildman–Crippen LogP) is 7.81. The van der Waals surface area contributed by atoms with E-state index >= 15 is 0 Å². The molecule has 2 nitrogen and oxygen atoms in total. The first kappa shape index (κ1) is 16.4. The minimum Gasteiger partial charge on any atom is -0.454 e. The van der Waals surface area contributed by atoms with E-state index in [0.717, 1.165) is 27.6 Å². The Labute approximate surface area is 169 Å². The van der Waals surface area contributed by atoms with Gasteiger partial charge in [0.05, 0.1) is 16.7 Å². The van der Waals surface area contributed by atoms with Crippen molar-refractivity contribution in [2.45, 2.75) is 19.8 Å². The molecule has 6 aromatic rings. The lowest BCUT2D eigenvalue weighted by Crippen LogP contribution is -1.94. The Kier molecular flexibility index (Phi) is 3.39. The van der Waals surface area contributed by atoms with Crippen LogP contribution in [0.15, 0.2) is 89.3 Å². The lowest BCUT2D eigenvalue weighted by molar-refractivity contribution is 0.666. The minimum absolute atomic E-state index is 0.500. The van der Waals surface area contributed by atoms with E-state index < -0.39 is 0 Å². The smallest absolute Gasteiger partial charge is 0.159 e. The van der Waals surface area contributed by atoms with Gasteiger partial charge in [0.1, 0.15) is 5.58 Å². The summed E-state index contributed by atoms with van der Waals surface area (Å²) >= 11 is 0. The largest absolute Gasteiger partial charge is 0.454 e. The number of rotatable bonds is 2. The molecular formula is C27H21NO. The molecule has 2 aromatic heterocycles. The van der Waals surface area contributed by atoms with E-state index in [1.807, 2.05) is 12.1 Å². The van der Waals surface area contributed by atoms with Gasteiger partial charge in [0.25, 0.3) is 0 Å². The standard InChI is InChI=1S/C27H21NO/c1-17(2)18-14-15-24-22(16-18)19-8-3-5-11-23(19)28(24)25-12-7-10-21-20-9-4-6-13-26(20)29-27(21)25/h3-17H,1-2H3. The number of para-hydroxylation sites is 3. The number of benzene rings is 4. The minimum atomic E-state index is 0.500. The van der Waals surface area contributed by atoms with Gasteiger partial charge in [-0.3, -0.25) is 0 Å². The lowest BCUT2D eigenvalue weighted by Gasteiger charge is -2.09. The van der Waals surface area contributed by atoms with Crippen LogP contribution in [0.2, 0.25) is 0 Å². The molecule has 0 aliphatic rings. The zero-order chi connectivity index (χ0) is 19.5. The molecule has 0 N–H and O–H groups in total. The molecule has 29 heavy (non-hydrogen) atoms. The van der Waals surface area contributed by atoms with Crippen LogP contribution in [0, 0.1) is 0 Å². The maximum absolute atomic E-state index is 6.35. The first-order valence-electron chi connectivity index (χ1n) is 10.2. The van der Waals surface area contributed by atoms with E-state index in [4.69, 9.17) is 4.42 Å². The van der Waals surface area contributed by atoms with Crippen LogP contribution < -0.4 is 0 Å². The Bertz CT molecular complexity index is 1530. The van der Waals surface area contributed by atoms with E-state index in [0.29, 0.717) is 5.92 Å². The normalized spacial score (nSPS) is 12.1. The summed E-state index contributed by atoms with van der Waals surface area (Å²) in [7, 11) is 0. The molecule has 0 radical (unpaired) electrons. The molecule has 0 aliphatic heterocycles. The summed E-state index contributed by atoms with van der Waals surface area (Å²) in [5.41, 5.74) is 6.73. The van der Waals surface area contributed by atoms with Crippen LogP contribution in [0.4, 0.5) is 0 Å². The maximum Gasteiger partial charge on any atom is 0.159 e. The van der Waals surface area contributed by atoms with Gasteiger partial charge in [0.15, 0.2) is 5.58 Å². The fraction of sp³-hybridized carbons (Fsp3) is 0.111. The van der Waals surface area contributed by atoms with Crippen LogP contribution in [-0.2, 0) is 0 Å². The van der Waals surface area contributed by atoms with E-state index in [-0.39, 0.29) is 0 Å². The van der Waals surface area contributed by atoms with Gasteiger partial charge in [-0.15, -0.1) is 0 Å². The Morgan fingerprint density at radius 2 is 1.38 bits per heavy atom. The van der Waals surface area contributed by atoms with Gasteiger partial charge in [-0.2, -0.15) is 0 Å². The lowest BCUT2D eigenvalue weighted by atomic mass is 10.0. The van der Waals surface area contributed by atoms with Crippen LogP contribution in [0.5, 0.6) is 0 Å². The van der Waals surface area contributed by atoms with Crippen LogP contribution in [0.3, 0.4) is 0 Å². The summed E-state index contributed by atoms with van der Waals surface area (Å²) in [4.78, 5) is 0. The third-order valence-corrected chi connectivity index (χ3v) is 5.99. The highest BCUT2D eigenvalue weighted by atomic mass is 16.3. The molecule has 0 amide bonds. The highest BCUT2D eigenvalue weighted by Gasteiger charge is 2.17. The number of fused-ring (bicyclic) bond motifs is 6. The first-order valence-corrected chi connectivity index (χ1v) is 10.2. The number of nitrogens with zero attached hydrogens (tertiary/aromatic N) is 1. The fourth-order valence-corrected chi connectivity index (χ4v) is 4.52. The maximum atomic E-state index is 6.35. The van der Waals surface area contributed by atoms with Crippen molar-refractivity contribution in [3.05, 3.63) is 90.5 Å². The van der Waals surface area contributed by atoms with Crippen molar-refractivity contribution in [1.82, 2.24) is 4.57 Å². The average molecular weight is 375 g/mol. The second-order valence-electron chi connectivity index (χ2n) is 8.04. The van der Waals surface area contributed by atoms with Gasteiger partial charge in [0, 0.05) is 21.5 Å². The fourth-order valence-electron chi connectivity index (χ4n) is 4.52. The summed E-state index contributed by atoms with van der Waals surface area (Å²) in [5.74, 6) is 0.500. The summed E-state index contributed by atoms with van der Waals surface area (Å²) < 4.78 is 8.69. The molecule has 0 saturated heterocycles. The van der Waals surface area contributed by atoms with E-state index in [1.165, 1.54) is 27.4 Å². The Morgan fingerprint density at radius 1 is 0.655 bits per heavy atom. The predicted molar refractivity (Wildman–Crippen MR) is 122 cm³/mol. The van der Waals surface area contributed by atoms with Crippen LogP contribution >= 0.6 is 0 Å². The molecule has 2 heterocycles. The Morgan fingerprint density at radius 3 is 2.24 bits per heavy atom. The molecule has 0 bridgehead atoms. The summed E-state index contributed by atoms with van der Waals surface area (Å²) in [6.07, 6.45) is 0. The van der Waals surface area contributed by atoms with Gasteiger partial charge in [-0.1, -0.05) is 68.4 Å². The molecule has 0 fully saturated rings. The van der Waals surface area contributed by atoms with Gasteiger partial charge in [-0.25, -0.2) is 0 Å². The number of hydrogen-bond donors (Lipinski definition) is 0. The molecule has 0 aliphatic carbocycles. The Balaban J connectivity index is 1.78. The van der Waals surface area contributed by atoms with Gasteiger partial charge >= 0.3 is 0 Å². The third-order valence-electron chi connectivity index (χ3n) is 5.99. The third kappa shape index (κ3) is 2.29. The van der Waals surface area contributed by atoms with Gasteiger partial charge in [0.2, 0.25) is 0 Å². The van der Waals surface area contributed by atoms with Crippen molar-refractivity contribution in [1.29, 1.82) is 0 Å². The van der Waals surface area contributed by atoms with Crippen LogP contribution in [0.1, 0.15) is 25.3 Å². The number of aromatic nitrogens is 1. The van der Waals surface area contributed by atoms with E-state index in [2.05, 4.69) is 91.2 Å². The molecule has 0 atom stereocenters. The summed E-state index contributed by atoms with van der Waals surface area (Å²) in [5, 5.41) is 4.88. The second-order valence-corrected chi connectivity index (χ2v) is 8.04. The highest BCUT2D eigenvalue weighted by molar-refractivity contribution is 6.12. The Hall–Kier alpha value is -3.52. The molecule has 0 unspecified atom stereocenters. The topological polar surface area (TPSA) is 18.1 Å². The first-order chi connectivity index (χ1) is 14.2. The zero-order valence-electron chi connectivity index (χ0n) is 16.5. The highest BCUT2D eigenvalue weighted by Crippen LogP contribution is 2.38. The summed E-state index contributed by atoms with van der Waals surface area (Å²) in [6.45, 7) is 4.49. The zero-order valence-corrected chi connectivity index (χ0v) is 16.5. The van der Waals surface area contributed by atoms with Crippen molar-refractivity contribution < 1.29 is 4.42 Å². The van der Waals surface area contributed by atoms with Crippen molar-refractivity contribution in [3.8, 4) is 5.69 Å². The van der Waals surface area contributed by atoms with Crippen LogP contribution in [-0.4, -0.2) is 4.57 Å². The van der Waals surface area contributed by atoms with Gasteiger partial charge in [-0.05, 0) is 41.8 Å². The average Bonchev–Trinajstić information content (AvgIpc) is 3.29. The van der Waals surface area contributed by atoms with E-state index in [9.17, 15) is 0 Å². The molecule has 140 valence electrons. The number of hydrogen-bond acceptors (Lipinski definition) is 1.